The van der Waals surface area contributed by atoms with Crippen molar-refractivity contribution in [2.24, 2.45) is 5.92 Å². The second kappa shape index (κ2) is 4.05. The summed E-state index contributed by atoms with van der Waals surface area (Å²) in [6.07, 6.45) is 8.99. The Morgan fingerprint density at radius 2 is 1.70 bits per heavy atom. The maximum Gasteiger partial charge on any atom is 0.140 e. The molecule has 0 aromatic carbocycles. The van der Waals surface area contributed by atoms with Crippen molar-refractivity contribution in [1.29, 1.82) is 0 Å². The van der Waals surface area contributed by atoms with Crippen molar-refractivity contribution in [3.63, 3.8) is 0 Å². The van der Waals surface area contributed by atoms with Gasteiger partial charge in [-0.1, -0.05) is 58.0 Å². The highest BCUT2D eigenvalue weighted by Gasteiger charge is 2.17. The minimum atomic E-state index is 0.920. The van der Waals surface area contributed by atoms with Gasteiger partial charge in [-0.2, -0.15) is 0 Å². The molecule has 1 aliphatic rings. The van der Waals surface area contributed by atoms with Crippen LogP contribution in [0.25, 0.3) is 0 Å². The van der Waals surface area contributed by atoms with Gasteiger partial charge in [0.05, 0.1) is 0 Å². The molecule has 0 radical (unpaired) electrons. The molecule has 0 aromatic rings. The molecule has 0 bridgehead atoms. The first-order valence-electron chi connectivity index (χ1n) is 4.79. The zero-order valence-corrected chi connectivity index (χ0v) is 7.40. The predicted octanol–water partition coefficient (Wildman–Crippen LogP) is 3.32. The van der Waals surface area contributed by atoms with Gasteiger partial charge in [-0.3, -0.25) is 0 Å². The van der Waals surface area contributed by atoms with Gasteiger partial charge in [0.25, 0.3) is 0 Å². The fraction of sp³-hybridized carbons (Fsp3) is 1.00. The molecule has 0 unspecified atom stereocenters. The first-order chi connectivity index (χ1) is 4.79. The largest absolute Gasteiger partial charge is 0.140 e. The summed E-state index contributed by atoms with van der Waals surface area (Å²) in [6.45, 7) is 5.76. The molecule has 1 rings (SSSR count). The SMILES string of the molecule is CC(C)CB1CCCCC1. The normalized spacial score (nSPS) is 20.1. The Hall–Kier alpha value is 0.0649. The fourth-order valence-electron chi connectivity index (χ4n) is 2.09. The highest BCUT2D eigenvalue weighted by Crippen LogP contribution is 2.23. The van der Waals surface area contributed by atoms with Crippen LogP contribution in [0.3, 0.4) is 0 Å². The predicted molar refractivity (Wildman–Crippen MR) is 48.9 cm³/mol. The molecule has 0 spiro atoms. The summed E-state index contributed by atoms with van der Waals surface area (Å²) in [5.41, 5.74) is 0. The lowest BCUT2D eigenvalue weighted by Gasteiger charge is -2.19. The molecule has 0 amide bonds. The van der Waals surface area contributed by atoms with Gasteiger partial charge in [0.2, 0.25) is 0 Å². The smallest absolute Gasteiger partial charge is 0.0741 e. The van der Waals surface area contributed by atoms with E-state index in [1.54, 1.807) is 0 Å². The van der Waals surface area contributed by atoms with E-state index >= 15 is 0 Å². The molecule has 0 nitrogen and oxygen atoms in total. The standard InChI is InChI=1S/C9H19B/c1-9(2)8-10-6-4-3-5-7-10/h9H,3-8H2,1-2H3. The highest BCUT2D eigenvalue weighted by atomic mass is 14.0. The van der Waals surface area contributed by atoms with E-state index < -0.39 is 0 Å². The van der Waals surface area contributed by atoms with E-state index in [1.165, 1.54) is 38.2 Å². The molecule has 0 aliphatic carbocycles. The van der Waals surface area contributed by atoms with Gasteiger partial charge in [-0.25, -0.2) is 0 Å². The first-order valence-corrected chi connectivity index (χ1v) is 4.79. The zero-order chi connectivity index (χ0) is 7.40. The summed E-state index contributed by atoms with van der Waals surface area (Å²) >= 11 is 0. The molecule has 1 saturated heterocycles. The third kappa shape index (κ3) is 2.77. The second-order valence-corrected chi connectivity index (χ2v) is 4.13. The second-order valence-electron chi connectivity index (χ2n) is 4.13. The van der Waals surface area contributed by atoms with Crippen LogP contribution in [0.2, 0.25) is 19.0 Å². The summed E-state index contributed by atoms with van der Waals surface area (Å²) in [5, 5.41) is 0. The Kier molecular flexibility index (Phi) is 3.31. The van der Waals surface area contributed by atoms with Crippen molar-refractivity contribution in [3.05, 3.63) is 0 Å². The lowest BCUT2D eigenvalue weighted by molar-refractivity contribution is 0.678. The summed E-state index contributed by atoms with van der Waals surface area (Å²) in [6, 6.07) is 0. The van der Waals surface area contributed by atoms with Gasteiger partial charge >= 0.3 is 0 Å². The Balaban J connectivity index is 2.13. The van der Waals surface area contributed by atoms with Crippen LogP contribution in [0.4, 0.5) is 0 Å². The van der Waals surface area contributed by atoms with Gasteiger partial charge in [0, 0.05) is 0 Å². The van der Waals surface area contributed by atoms with Crippen LogP contribution in [0, 0.1) is 5.92 Å². The van der Waals surface area contributed by atoms with E-state index in [2.05, 4.69) is 13.8 Å². The Bertz CT molecular complexity index is 82.7. The molecule has 0 atom stereocenters. The zero-order valence-electron chi connectivity index (χ0n) is 7.40. The van der Waals surface area contributed by atoms with Crippen LogP contribution in [-0.2, 0) is 0 Å². The highest BCUT2D eigenvalue weighted by molar-refractivity contribution is 6.59. The van der Waals surface area contributed by atoms with Gasteiger partial charge in [-0.05, 0) is 0 Å². The van der Waals surface area contributed by atoms with E-state index in [9.17, 15) is 0 Å². The molecule has 10 heavy (non-hydrogen) atoms. The van der Waals surface area contributed by atoms with E-state index in [1.807, 2.05) is 0 Å². The Labute approximate surface area is 65.5 Å². The minimum absolute atomic E-state index is 0.920. The maximum atomic E-state index is 2.34. The van der Waals surface area contributed by atoms with E-state index in [4.69, 9.17) is 0 Å². The average Bonchev–Trinajstić information content (AvgIpc) is 1.88. The van der Waals surface area contributed by atoms with E-state index in [0.717, 1.165) is 12.6 Å². The molecule has 1 fully saturated rings. The average molecular weight is 138 g/mol. The monoisotopic (exact) mass is 138 g/mol. The maximum absolute atomic E-state index is 2.34. The molecule has 1 heteroatoms. The van der Waals surface area contributed by atoms with E-state index in [-0.39, 0.29) is 0 Å². The summed E-state index contributed by atoms with van der Waals surface area (Å²) in [5.74, 6) is 0.920. The molecule has 0 aromatic heterocycles. The third-order valence-electron chi connectivity index (χ3n) is 2.53. The molecule has 58 valence electrons. The lowest BCUT2D eigenvalue weighted by atomic mass is 9.38. The van der Waals surface area contributed by atoms with Gasteiger partial charge in [0.1, 0.15) is 6.71 Å². The minimum Gasteiger partial charge on any atom is -0.0741 e. The van der Waals surface area contributed by atoms with Gasteiger partial charge in [-0.15, -0.1) is 0 Å². The van der Waals surface area contributed by atoms with Crippen LogP contribution in [0.15, 0.2) is 0 Å². The van der Waals surface area contributed by atoms with Crippen LogP contribution in [0.1, 0.15) is 33.1 Å². The van der Waals surface area contributed by atoms with Crippen molar-refractivity contribution in [2.75, 3.05) is 0 Å². The van der Waals surface area contributed by atoms with Crippen molar-refractivity contribution >= 4 is 6.71 Å². The summed E-state index contributed by atoms with van der Waals surface area (Å²) < 4.78 is 0. The van der Waals surface area contributed by atoms with Gasteiger partial charge in [0.15, 0.2) is 0 Å². The third-order valence-corrected chi connectivity index (χ3v) is 2.53. The summed E-state index contributed by atoms with van der Waals surface area (Å²) in [4.78, 5) is 0. The number of hydrogen-bond donors (Lipinski definition) is 0. The van der Waals surface area contributed by atoms with Crippen molar-refractivity contribution in [3.8, 4) is 0 Å². The van der Waals surface area contributed by atoms with Crippen LogP contribution in [-0.4, -0.2) is 6.71 Å². The lowest BCUT2D eigenvalue weighted by Crippen LogP contribution is -2.17. The Morgan fingerprint density at radius 1 is 1.10 bits per heavy atom. The molecular formula is C9H19B. The van der Waals surface area contributed by atoms with E-state index in [0.29, 0.717) is 0 Å². The van der Waals surface area contributed by atoms with Crippen LogP contribution >= 0.6 is 0 Å². The topological polar surface area (TPSA) is 0 Å². The first kappa shape index (κ1) is 8.16. The summed E-state index contributed by atoms with van der Waals surface area (Å²) in [7, 11) is 0. The Morgan fingerprint density at radius 3 is 2.20 bits per heavy atom. The number of hydrogen-bond acceptors (Lipinski definition) is 0. The molecule has 1 heterocycles. The molecule has 1 aliphatic heterocycles. The fourth-order valence-corrected chi connectivity index (χ4v) is 2.09. The molecule has 0 N–H and O–H groups in total. The molecule has 0 saturated carbocycles. The van der Waals surface area contributed by atoms with Crippen LogP contribution in [0.5, 0.6) is 0 Å². The van der Waals surface area contributed by atoms with Crippen molar-refractivity contribution < 1.29 is 0 Å². The number of rotatable bonds is 2. The quantitative estimate of drug-likeness (QED) is 0.513. The van der Waals surface area contributed by atoms with Gasteiger partial charge < -0.3 is 0 Å². The van der Waals surface area contributed by atoms with Crippen LogP contribution < -0.4 is 0 Å². The molecular weight excluding hydrogens is 119 g/mol. The van der Waals surface area contributed by atoms with Crippen molar-refractivity contribution in [1.82, 2.24) is 0 Å². The van der Waals surface area contributed by atoms with Crippen molar-refractivity contribution in [2.45, 2.75) is 52.1 Å².